The molecule has 4 heterocycles. The Balaban J connectivity index is 1.37. The number of nitrogens with zero attached hydrogens (tertiary/aromatic N) is 5. The highest BCUT2D eigenvalue weighted by Crippen LogP contribution is 2.28. The molecule has 0 aromatic carbocycles. The Bertz CT molecular complexity index is 549. The zero-order valence-corrected chi connectivity index (χ0v) is 13.3. The van der Waals surface area contributed by atoms with Gasteiger partial charge in [-0.3, -0.25) is 4.90 Å². The van der Waals surface area contributed by atoms with Crippen molar-refractivity contribution in [3.05, 3.63) is 18.5 Å². The maximum atomic E-state index is 12.1. The van der Waals surface area contributed by atoms with Crippen molar-refractivity contribution >= 4 is 12.0 Å². The molecule has 0 bridgehead atoms. The number of rotatable bonds is 4. The van der Waals surface area contributed by atoms with Crippen LogP contribution in [0.25, 0.3) is 0 Å². The van der Waals surface area contributed by atoms with Crippen LogP contribution in [0.2, 0.25) is 0 Å². The number of carbonyl (C=O) groups excluding carboxylic acids is 1. The summed E-state index contributed by atoms with van der Waals surface area (Å²) < 4.78 is 5.56. The Labute approximate surface area is 136 Å². The average molecular weight is 317 g/mol. The van der Waals surface area contributed by atoms with Crippen LogP contribution in [0, 0.1) is 0 Å². The molecular formula is C16H23N5O2. The fourth-order valence-corrected chi connectivity index (χ4v) is 3.81. The molecule has 0 spiro atoms. The van der Waals surface area contributed by atoms with E-state index in [4.69, 9.17) is 4.74 Å². The van der Waals surface area contributed by atoms with Crippen LogP contribution in [0.15, 0.2) is 18.5 Å². The second-order valence-electron chi connectivity index (χ2n) is 6.54. The fraction of sp³-hybridized carbons (Fsp3) is 0.688. The van der Waals surface area contributed by atoms with Gasteiger partial charge in [0.15, 0.2) is 0 Å². The molecule has 1 aromatic heterocycles. The van der Waals surface area contributed by atoms with E-state index in [1.165, 1.54) is 19.3 Å². The highest BCUT2D eigenvalue weighted by atomic mass is 16.6. The first-order valence-corrected chi connectivity index (χ1v) is 8.53. The summed E-state index contributed by atoms with van der Waals surface area (Å²) in [5.41, 5.74) is 0. The van der Waals surface area contributed by atoms with E-state index in [0.717, 1.165) is 32.7 Å². The van der Waals surface area contributed by atoms with Gasteiger partial charge < -0.3 is 14.5 Å². The van der Waals surface area contributed by atoms with Gasteiger partial charge in [0, 0.05) is 32.0 Å². The number of aromatic nitrogens is 2. The Morgan fingerprint density at radius 2 is 1.87 bits per heavy atom. The van der Waals surface area contributed by atoms with Crippen LogP contribution in [0.4, 0.5) is 10.7 Å². The molecule has 3 aliphatic heterocycles. The summed E-state index contributed by atoms with van der Waals surface area (Å²) in [4.78, 5) is 27.2. The third kappa shape index (κ3) is 2.97. The van der Waals surface area contributed by atoms with E-state index in [2.05, 4.69) is 19.8 Å². The van der Waals surface area contributed by atoms with Gasteiger partial charge in [-0.2, -0.15) is 0 Å². The molecule has 0 aliphatic carbocycles. The maximum absolute atomic E-state index is 12.1. The monoisotopic (exact) mass is 317 g/mol. The summed E-state index contributed by atoms with van der Waals surface area (Å²) >= 11 is 0. The molecule has 0 unspecified atom stereocenters. The predicted molar refractivity (Wildman–Crippen MR) is 85.3 cm³/mol. The number of amides is 1. The van der Waals surface area contributed by atoms with Crippen LogP contribution in [-0.4, -0.2) is 77.3 Å². The van der Waals surface area contributed by atoms with Gasteiger partial charge in [0.2, 0.25) is 5.95 Å². The number of likely N-dealkylation sites (tertiary alicyclic amines) is 1. The third-order valence-electron chi connectivity index (χ3n) is 5.06. The molecule has 0 saturated carbocycles. The smallest absolute Gasteiger partial charge is 0.410 e. The molecule has 7 nitrogen and oxygen atoms in total. The van der Waals surface area contributed by atoms with Crippen molar-refractivity contribution in [2.24, 2.45) is 0 Å². The van der Waals surface area contributed by atoms with Crippen LogP contribution in [0.1, 0.15) is 19.3 Å². The number of anilines is 1. The number of carbonyl (C=O) groups is 1. The molecule has 3 saturated heterocycles. The summed E-state index contributed by atoms with van der Waals surface area (Å²) in [6, 6.07) is 1.93. The molecule has 3 fully saturated rings. The molecular weight excluding hydrogens is 294 g/mol. The average Bonchev–Trinajstić information content (AvgIpc) is 3.12. The van der Waals surface area contributed by atoms with Crippen molar-refractivity contribution in [1.29, 1.82) is 0 Å². The van der Waals surface area contributed by atoms with Crippen molar-refractivity contribution in [3.63, 3.8) is 0 Å². The Morgan fingerprint density at radius 3 is 2.65 bits per heavy atom. The van der Waals surface area contributed by atoms with E-state index in [-0.39, 0.29) is 18.2 Å². The molecule has 0 N–H and O–H groups in total. The molecule has 124 valence electrons. The van der Waals surface area contributed by atoms with Gasteiger partial charge in [-0.25, -0.2) is 14.8 Å². The van der Waals surface area contributed by atoms with Gasteiger partial charge in [-0.1, -0.05) is 6.42 Å². The number of hydrogen-bond donors (Lipinski definition) is 0. The van der Waals surface area contributed by atoms with Crippen molar-refractivity contribution in [2.75, 3.05) is 44.2 Å². The molecule has 1 aromatic rings. The second kappa shape index (κ2) is 6.31. The lowest BCUT2D eigenvalue weighted by Crippen LogP contribution is -2.43. The van der Waals surface area contributed by atoms with Gasteiger partial charge in [-0.15, -0.1) is 0 Å². The van der Waals surface area contributed by atoms with E-state index in [9.17, 15) is 4.79 Å². The van der Waals surface area contributed by atoms with Crippen LogP contribution >= 0.6 is 0 Å². The summed E-state index contributed by atoms with van der Waals surface area (Å²) in [5, 5.41) is 0. The molecule has 4 rings (SSSR count). The van der Waals surface area contributed by atoms with Crippen molar-refractivity contribution < 1.29 is 9.53 Å². The quantitative estimate of drug-likeness (QED) is 0.825. The minimum atomic E-state index is -0.161. The topological polar surface area (TPSA) is 61.8 Å². The van der Waals surface area contributed by atoms with Crippen LogP contribution < -0.4 is 4.90 Å². The summed E-state index contributed by atoms with van der Waals surface area (Å²) in [6.45, 7) is 5.44. The van der Waals surface area contributed by atoms with Gasteiger partial charge in [0.05, 0.1) is 12.6 Å². The lowest BCUT2D eigenvalue weighted by Gasteiger charge is -2.29. The summed E-state index contributed by atoms with van der Waals surface area (Å²) in [6.07, 6.45) is 7.15. The number of ether oxygens (including phenoxy) is 1. The van der Waals surface area contributed by atoms with Gasteiger partial charge in [0.25, 0.3) is 0 Å². The fourth-order valence-electron chi connectivity index (χ4n) is 3.81. The minimum Gasteiger partial charge on any atom is -0.442 e. The minimum absolute atomic E-state index is 0.0624. The van der Waals surface area contributed by atoms with Crippen molar-refractivity contribution in [3.8, 4) is 0 Å². The zero-order valence-electron chi connectivity index (χ0n) is 13.3. The van der Waals surface area contributed by atoms with Gasteiger partial charge >= 0.3 is 6.09 Å². The normalized spacial score (nSPS) is 28.1. The van der Waals surface area contributed by atoms with Crippen LogP contribution in [0.5, 0.6) is 0 Å². The SMILES string of the molecule is O=C1O[C@@H]2CN(c3ncccn3)C[C@@H]2N1CCN1CCCCC1. The standard InChI is InChI=1S/C16H23N5O2/c22-16-21(10-9-19-7-2-1-3-8-19)13-11-20(12-14(13)23-16)15-17-5-4-6-18-15/h4-6,13-14H,1-3,7-12H2/t13-,14+/m0/s1. The Kier molecular flexibility index (Phi) is 4.03. The molecule has 0 radical (unpaired) electrons. The molecule has 2 atom stereocenters. The van der Waals surface area contributed by atoms with Crippen molar-refractivity contribution in [2.45, 2.75) is 31.4 Å². The largest absolute Gasteiger partial charge is 0.442 e. The van der Waals surface area contributed by atoms with E-state index in [1.54, 1.807) is 12.4 Å². The zero-order chi connectivity index (χ0) is 15.6. The predicted octanol–water partition coefficient (Wildman–Crippen LogP) is 0.972. The summed E-state index contributed by atoms with van der Waals surface area (Å²) in [5.74, 6) is 0.717. The number of piperidine rings is 1. The lowest BCUT2D eigenvalue weighted by atomic mass is 10.1. The van der Waals surface area contributed by atoms with Crippen LogP contribution in [0.3, 0.4) is 0 Å². The van der Waals surface area contributed by atoms with Gasteiger partial charge in [0.1, 0.15) is 6.10 Å². The summed E-state index contributed by atoms with van der Waals surface area (Å²) in [7, 11) is 0. The molecule has 23 heavy (non-hydrogen) atoms. The Hall–Kier alpha value is -1.89. The first-order chi connectivity index (χ1) is 11.3. The molecule has 3 aliphatic rings. The first kappa shape index (κ1) is 14.7. The van der Waals surface area contributed by atoms with Crippen molar-refractivity contribution in [1.82, 2.24) is 19.8 Å². The highest BCUT2D eigenvalue weighted by Gasteiger charge is 2.48. The number of hydrogen-bond acceptors (Lipinski definition) is 6. The van der Waals surface area contributed by atoms with E-state index < -0.39 is 0 Å². The lowest BCUT2D eigenvalue weighted by molar-refractivity contribution is 0.132. The van der Waals surface area contributed by atoms with Gasteiger partial charge in [-0.05, 0) is 32.0 Å². The third-order valence-corrected chi connectivity index (χ3v) is 5.06. The maximum Gasteiger partial charge on any atom is 0.410 e. The van der Waals surface area contributed by atoms with E-state index in [1.807, 2.05) is 11.0 Å². The van der Waals surface area contributed by atoms with E-state index in [0.29, 0.717) is 12.5 Å². The second-order valence-corrected chi connectivity index (χ2v) is 6.54. The van der Waals surface area contributed by atoms with Crippen LogP contribution in [-0.2, 0) is 4.74 Å². The highest BCUT2D eigenvalue weighted by molar-refractivity contribution is 5.71. The molecule has 7 heteroatoms. The number of fused-ring (bicyclic) bond motifs is 1. The Morgan fingerprint density at radius 1 is 1.09 bits per heavy atom. The first-order valence-electron chi connectivity index (χ1n) is 8.53. The molecule has 1 amide bonds. The van der Waals surface area contributed by atoms with E-state index >= 15 is 0 Å².